The van der Waals surface area contributed by atoms with Gasteiger partial charge in [0.2, 0.25) is 5.91 Å². The number of H-pyrrole nitrogens is 1. The Hall–Kier alpha value is -2.81. The van der Waals surface area contributed by atoms with Gasteiger partial charge in [-0.1, -0.05) is 59.8 Å². The molecule has 0 aliphatic rings. The molecule has 0 unspecified atom stereocenters. The molecule has 0 atom stereocenters. The molecular weight excluding hydrogens is 436 g/mol. The van der Waals surface area contributed by atoms with Gasteiger partial charge in [0.25, 0.3) is 5.56 Å². The van der Waals surface area contributed by atoms with Gasteiger partial charge in [-0.25, -0.2) is 4.98 Å². The van der Waals surface area contributed by atoms with Gasteiger partial charge in [0, 0.05) is 29.6 Å². The fourth-order valence-electron chi connectivity index (χ4n) is 3.28. The Morgan fingerprint density at radius 1 is 1.23 bits per heavy atom. The van der Waals surface area contributed by atoms with Crippen molar-refractivity contribution in [3.8, 4) is 0 Å². The highest BCUT2D eigenvalue weighted by molar-refractivity contribution is 7.99. The summed E-state index contributed by atoms with van der Waals surface area (Å²) in [4.78, 5) is 33.4. The number of aromatic nitrogens is 3. The Bertz CT molecular complexity index is 1300. The van der Waals surface area contributed by atoms with Gasteiger partial charge in [-0.3, -0.25) is 14.2 Å². The SMILES string of the molecule is COCCn1c(SCC(=O)NCc2ccccc2Cl)nc2c([nH]c3ccccc32)c1=O. The number of amides is 1. The molecule has 4 rings (SSSR count). The molecular formula is C22H21ClN4O3S. The number of benzene rings is 2. The predicted molar refractivity (Wildman–Crippen MR) is 124 cm³/mol. The smallest absolute Gasteiger partial charge is 0.278 e. The van der Waals surface area contributed by atoms with E-state index in [9.17, 15) is 9.59 Å². The van der Waals surface area contributed by atoms with Crippen LogP contribution in [0.15, 0.2) is 58.5 Å². The van der Waals surface area contributed by atoms with Gasteiger partial charge in [-0.05, 0) is 17.7 Å². The van der Waals surface area contributed by atoms with E-state index < -0.39 is 0 Å². The molecule has 31 heavy (non-hydrogen) atoms. The second-order valence-corrected chi connectivity index (χ2v) is 8.24. The maximum absolute atomic E-state index is 13.1. The van der Waals surface area contributed by atoms with Crippen LogP contribution in [0.25, 0.3) is 21.9 Å². The molecule has 2 aromatic heterocycles. The zero-order chi connectivity index (χ0) is 21.8. The van der Waals surface area contributed by atoms with Crippen LogP contribution in [0.5, 0.6) is 0 Å². The first-order valence-corrected chi connectivity index (χ1v) is 11.1. The highest BCUT2D eigenvalue weighted by Gasteiger charge is 2.17. The minimum atomic E-state index is -0.183. The number of nitrogens with one attached hydrogen (secondary N) is 2. The average molecular weight is 457 g/mol. The first-order valence-electron chi connectivity index (χ1n) is 9.71. The number of fused-ring (bicyclic) bond motifs is 3. The molecule has 0 spiro atoms. The third-order valence-corrected chi connectivity index (χ3v) is 6.21. The van der Waals surface area contributed by atoms with E-state index in [1.54, 1.807) is 17.7 Å². The molecule has 0 saturated carbocycles. The summed E-state index contributed by atoms with van der Waals surface area (Å²) in [6.45, 7) is 1.04. The van der Waals surface area contributed by atoms with Crippen LogP contribution < -0.4 is 10.9 Å². The molecule has 2 aromatic carbocycles. The number of para-hydroxylation sites is 1. The van der Waals surface area contributed by atoms with E-state index in [1.807, 2.05) is 42.5 Å². The third kappa shape index (κ3) is 4.61. The summed E-state index contributed by atoms with van der Waals surface area (Å²) in [6, 6.07) is 15.0. The number of rotatable bonds is 8. The van der Waals surface area contributed by atoms with E-state index in [4.69, 9.17) is 21.3 Å². The number of methoxy groups -OCH3 is 1. The summed E-state index contributed by atoms with van der Waals surface area (Å²) < 4.78 is 6.70. The summed E-state index contributed by atoms with van der Waals surface area (Å²) >= 11 is 7.36. The largest absolute Gasteiger partial charge is 0.383 e. The predicted octanol–water partition coefficient (Wildman–Crippen LogP) is 3.59. The van der Waals surface area contributed by atoms with Gasteiger partial charge >= 0.3 is 0 Å². The molecule has 7 nitrogen and oxygen atoms in total. The molecule has 1 amide bonds. The summed E-state index contributed by atoms with van der Waals surface area (Å²) in [5, 5.41) is 4.82. The molecule has 2 heterocycles. The highest BCUT2D eigenvalue weighted by atomic mass is 35.5. The van der Waals surface area contributed by atoms with Crippen molar-refractivity contribution < 1.29 is 9.53 Å². The van der Waals surface area contributed by atoms with Gasteiger partial charge in [-0.2, -0.15) is 0 Å². The van der Waals surface area contributed by atoms with Crippen molar-refractivity contribution >= 4 is 51.2 Å². The Morgan fingerprint density at radius 2 is 2.00 bits per heavy atom. The summed E-state index contributed by atoms with van der Waals surface area (Å²) in [7, 11) is 1.58. The maximum atomic E-state index is 13.1. The number of ether oxygens (including phenoxy) is 1. The first kappa shape index (κ1) is 21.4. The van der Waals surface area contributed by atoms with Crippen molar-refractivity contribution in [3.63, 3.8) is 0 Å². The molecule has 2 N–H and O–H groups in total. The van der Waals surface area contributed by atoms with E-state index in [0.717, 1.165) is 16.5 Å². The standard InChI is InChI=1S/C22H21ClN4O3S/c1-30-11-10-27-21(29)20-19(15-7-3-5-9-17(15)25-20)26-22(27)31-13-18(28)24-12-14-6-2-4-8-16(14)23/h2-9,25H,10-13H2,1H3,(H,24,28). The molecule has 0 bridgehead atoms. The van der Waals surface area contributed by atoms with Crippen molar-refractivity contribution in [1.29, 1.82) is 0 Å². The van der Waals surface area contributed by atoms with E-state index in [0.29, 0.717) is 40.9 Å². The number of carbonyl (C=O) groups excluding carboxylic acids is 1. The van der Waals surface area contributed by atoms with Crippen molar-refractivity contribution in [2.45, 2.75) is 18.2 Å². The Labute approximate surface area is 187 Å². The summed E-state index contributed by atoms with van der Waals surface area (Å²) in [5.74, 6) is -0.0472. The molecule has 160 valence electrons. The Kier molecular flexibility index (Phi) is 6.60. The lowest BCUT2D eigenvalue weighted by molar-refractivity contribution is -0.118. The number of hydrogen-bond donors (Lipinski definition) is 2. The molecule has 9 heteroatoms. The fourth-order valence-corrected chi connectivity index (χ4v) is 4.33. The van der Waals surface area contributed by atoms with E-state index in [-0.39, 0.29) is 17.2 Å². The van der Waals surface area contributed by atoms with Crippen LogP contribution in [-0.4, -0.2) is 39.9 Å². The highest BCUT2D eigenvalue weighted by Crippen LogP contribution is 2.24. The number of hydrogen-bond acceptors (Lipinski definition) is 5. The lowest BCUT2D eigenvalue weighted by Crippen LogP contribution is -2.27. The second kappa shape index (κ2) is 9.55. The molecule has 0 saturated heterocycles. The lowest BCUT2D eigenvalue weighted by Gasteiger charge is -2.12. The van der Waals surface area contributed by atoms with Gasteiger partial charge in [0.15, 0.2) is 5.16 Å². The Balaban J connectivity index is 1.58. The topological polar surface area (TPSA) is 89.0 Å². The van der Waals surface area contributed by atoms with Gasteiger partial charge in [-0.15, -0.1) is 0 Å². The monoisotopic (exact) mass is 456 g/mol. The molecule has 0 fully saturated rings. The van der Waals surface area contributed by atoms with Gasteiger partial charge < -0.3 is 15.0 Å². The number of carbonyl (C=O) groups is 1. The van der Waals surface area contributed by atoms with Crippen LogP contribution in [0.4, 0.5) is 0 Å². The van der Waals surface area contributed by atoms with E-state index in [1.165, 1.54) is 11.8 Å². The zero-order valence-corrected chi connectivity index (χ0v) is 18.4. The van der Waals surface area contributed by atoms with Crippen LogP contribution in [0.3, 0.4) is 0 Å². The lowest BCUT2D eigenvalue weighted by atomic mass is 10.2. The van der Waals surface area contributed by atoms with Gasteiger partial charge in [0.05, 0.1) is 18.9 Å². The summed E-state index contributed by atoms with van der Waals surface area (Å²) in [6.07, 6.45) is 0. The molecule has 4 aromatic rings. The number of aromatic amines is 1. The quantitative estimate of drug-likeness (QED) is 0.312. The number of thioether (sulfide) groups is 1. The third-order valence-electron chi connectivity index (χ3n) is 4.86. The van der Waals surface area contributed by atoms with Crippen LogP contribution in [0.2, 0.25) is 5.02 Å². The van der Waals surface area contributed by atoms with Crippen molar-refractivity contribution in [2.24, 2.45) is 0 Å². The normalized spacial score (nSPS) is 11.3. The van der Waals surface area contributed by atoms with Crippen molar-refractivity contribution in [3.05, 3.63) is 69.5 Å². The first-order chi connectivity index (χ1) is 15.1. The number of halogens is 1. The number of nitrogens with zero attached hydrogens (tertiary/aromatic N) is 2. The van der Waals surface area contributed by atoms with Crippen molar-refractivity contribution in [2.75, 3.05) is 19.5 Å². The van der Waals surface area contributed by atoms with Crippen LogP contribution in [0.1, 0.15) is 5.56 Å². The minimum absolute atomic E-state index is 0.123. The maximum Gasteiger partial charge on any atom is 0.278 e. The van der Waals surface area contributed by atoms with Crippen molar-refractivity contribution in [1.82, 2.24) is 19.9 Å². The average Bonchev–Trinajstić information content (AvgIpc) is 3.15. The molecule has 0 aliphatic heterocycles. The van der Waals surface area contributed by atoms with Crippen LogP contribution in [-0.2, 0) is 22.6 Å². The fraction of sp³-hybridized carbons (Fsp3) is 0.227. The van der Waals surface area contributed by atoms with Gasteiger partial charge in [0.1, 0.15) is 11.0 Å². The molecule has 0 aliphatic carbocycles. The summed E-state index contributed by atoms with van der Waals surface area (Å²) in [5.41, 5.74) is 2.56. The second-order valence-electron chi connectivity index (χ2n) is 6.89. The Morgan fingerprint density at radius 3 is 2.81 bits per heavy atom. The zero-order valence-electron chi connectivity index (χ0n) is 16.9. The minimum Gasteiger partial charge on any atom is -0.383 e. The molecule has 0 radical (unpaired) electrons. The van der Waals surface area contributed by atoms with Crippen LogP contribution in [0, 0.1) is 0 Å². The van der Waals surface area contributed by atoms with E-state index in [2.05, 4.69) is 10.3 Å². The van der Waals surface area contributed by atoms with Crippen LogP contribution >= 0.6 is 23.4 Å². The van der Waals surface area contributed by atoms with E-state index >= 15 is 0 Å².